The highest BCUT2D eigenvalue weighted by molar-refractivity contribution is 6.32. The van der Waals surface area contributed by atoms with Crippen LogP contribution in [0.3, 0.4) is 0 Å². The van der Waals surface area contributed by atoms with Gasteiger partial charge in [-0.05, 0) is 5.92 Å². The number of hydrogen-bond donors (Lipinski definition) is 0. The van der Waals surface area contributed by atoms with Crippen molar-refractivity contribution >= 4 is 11.6 Å². The highest BCUT2D eigenvalue weighted by atomic mass is 35.5. The van der Waals surface area contributed by atoms with Gasteiger partial charge in [-0.1, -0.05) is 11.6 Å². The van der Waals surface area contributed by atoms with Crippen molar-refractivity contribution in [3.8, 4) is 11.8 Å². The molecule has 74 valence electrons. The zero-order chi connectivity index (χ0) is 10.7. The number of allylic oxidation sites excluding steroid dienone is 2. The molecule has 0 aromatic rings. The minimum Gasteiger partial charge on any atom is -0.167 e. The van der Waals surface area contributed by atoms with Crippen LogP contribution in [0.1, 0.15) is 0 Å². The van der Waals surface area contributed by atoms with Crippen molar-refractivity contribution < 1.29 is 26.3 Å². The molecule has 0 aromatic heterocycles. The molecular weight excluding hydrogens is 222 g/mol. The highest BCUT2D eigenvalue weighted by Gasteiger charge is 2.25. The first-order valence-corrected chi connectivity index (χ1v) is 3.03. The molecule has 0 fully saturated rings. The van der Waals surface area contributed by atoms with Gasteiger partial charge in [-0.3, -0.25) is 0 Å². The van der Waals surface area contributed by atoms with E-state index in [1.54, 1.807) is 0 Å². The van der Waals surface area contributed by atoms with E-state index in [4.69, 9.17) is 11.6 Å². The molecule has 0 aliphatic carbocycles. The third-order valence-electron chi connectivity index (χ3n) is 0.614. The van der Waals surface area contributed by atoms with Crippen molar-refractivity contribution in [3.05, 3.63) is 11.1 Å². The Bertz CT molecular complexity index is 260. The summed E-state index contributed by atoms with van der Waals surface area (Å²) in [6.45, 7) is 0. The van der Waals surface area contributed by atoms with Crippen molar-refractivity contribution in [2.45, 2.75) is 12.4 Å². The lowest BCUT2D eigenvalue weighted by molar-refractivity contribution is -0.0802. The second-order valence-corrected chi connectivity index (χ2v) is 2.19. The first-order valence-electron chi connectivity index (χ1n) is 2.65. The van der Waals surface area contributed by atoms with Gasteiger partial charge in [0.1, 0.15) is 0 Å². The van der Waals surface area contributed by atoms with Gasteiger partial charge >= 0.3 is 12.4 Å². The summed E-state index contributed by atoms with van der Waals surface area (Å²) in [4.78, 5) is 0. The summed E-state index contributed by atoms with van der Waals surface area (Å²) < 4.78 is 68.2. The molecule has 0 aliphatic heterocycles. The maximum Gasteiger partial charge on any atom is 0.458 e. The zero-order valence-corrected chi connectivity index (χ0v) is 6.48. The Morgan fingerprint density at radius 3 is 1.85 bits per heavy atom. The highest BCUT2D eigenvalue weighted by Crippen LogP contribution is 2.20. The van der Waals surface area contributed by atoms with Crippen LogP contribution in [0.25, 0.3) is 0 Å². The zero-order valence-electron chi connectivity index (χ0n) is 5.72. The van der Waals surface area contributed by atoms with Gasteiger partial charge in [0.05, 0.1) is 5.03 Å². The molecule has 0 spiro atoms. The van der Waals surface area contributed by atoms with Crippen LogP contribution >= 0.6 is 11.6 Å². The van der Waals surface area contributed by atoms with Gasteiger partial charge in [0, 0.05) is 12.0 Å². The molecule has 0 saturated heterocycles. The molecule has 0 aliphatic rings. The molecule has 7 heteroatoms. The molecular formula is C6HClF6. The van der Waals surface area contributed by atoms with Gasteiger partial charge in [-0.25, -0.2) is 0 Å². The third kappa shape index (κ3) is 9.08. The first kappa shape index (κ1) is 12.2. The van der Waals surface area contributed by atoms with Crippen LogP contribution in [0.4, 0.5) is 26.3 Å². The summed E-state index contributed by atoms with van der Waals surface area (Å²) >= 11 is 4.74. The molecule has 0 radical (unpaired) electrons. The van der Waals surface area contributed by atoms with Crippen molar-refractivity contribution in [2.75, 3.05) is 0 Å². The standard InChI is InChI=1S/C6HClF6/c7-4(3-6(11,12)13)1-2-5(8,9)10/h3H/b4-3-. The van der Waals surface area contributed by atoms with Gasteiger partial charge in [0.2, 0.25) is 0 Å². The van der Waals surface area contributed by atoms with Crippen LogP contribution in [-0.2, 0) is 0 Å². The van der Waals surface area contributed by atoms with Gasteiger partial charge in [-0.2, -0.15) is 26.3 Å². The molecule has 0 heterocycles. The molecule has 0 nitrogen and oxygen atoms in total. The second kappa shape index (κ2) is 3.92. The fraction of sp³-hybridized carbons (Fsp3) is 0.333. The normalized spacial score (nSPS) is 13.6. The Balaban J connectivity index is 4.54. The summed E-state index contributed by atoms with van der Waals surface area (Å²) in [5.74, 6) is 1.70. The molecule has 0 rings (SSSR count). The Hall–Kier alpha value is -0.830. The van der Waals surface area contributed by atoms with Crippen LogP contribution in [0.15, 0.2) is 11.1 Å². The first-order chi connectivity index (χ1) is 5.60. The van der Waals surface area contributed by atoms with Crippen LogP contribution in [0, 0.1) is 11.8 Å². The van der Waals surface area contributed by atoms with E-state index in [-0.39, 0.29) is 0 Å². The van der Waals surface area contributed by atoms with Crippen molar-refractivity contribution in [1.29, 1.82) is 0 Å². The lowest BCUT2D eigenvalue weighted by Crippen LogP contribution is -2.03. The van der Waals surface area contributed by atoms with Crippen LogP contribution in [0.5, 0.6) is 0 Å². The van der Waals surface area contributed by atoms with E-state index in [2.05, 4.69) is 0 Å². The average molecular weight is 223 g/mol. The minimum atomic E-state index is -4.85. The van der Waals surface area contributed by atoms with E-state index in [9.17, 15) is 26.3 Å². The lowest BCUT2D eigenvalue weighted by Gasteiger charge is -1.96. The maximum atomic E-state index is 11.4. The number of halogens is 7. The topological polar surface area (TPSA) is 0 Å². The van der Waals surface area contributed by atoms with Crippen LogP contribution in [-0.4, -0.2) is 12.4 Å². The van der Waals surface area contributed by atoms with Gasteiger partial charge in [0.25, 0.3) is 0 Å². The van der Waals surface area contributed by atoms with Crippen molar-refractivity contribution in [3.63, 3.8) is 0 Å². The quantitative estimate of drug-likeness (QED) is 0.436. The molecule has 0 aromatic carbocycles. The maximum absolute atomic E-state index is 11.4. The molecule has 0 N–H and O–H groups in total. The summed E-state index contributed by atoms with van der Waals surface area (Å²) in [5.41, 5.74) is 0. The summed E-state index contributed by atoms with van der Waals surface area (Å²) in [6, 6.07) is 0. The average Bonchev–Trinajstić information content (AvgIpc) is 1.78. The van der Waals surface area contributed by atoms with E-state index in [0.29, 0.717) is 5.92 Å². The fourth-order valence-electron chi connectivity index (χ4n) is 0.310. The Labute approximate surface area is 74.2 Å². The molecule has 0 amide bonds. The fourth-order valence-corrected chi connectivity index (χ4v) is 0.481. The monoisotopic (exact) mass is 222 g/mol. The van der Waals surface area contributed by atoms with Crippen LogP contribution in [0.2, 0.25) is 0 Å². The Morgan fingerprint density at radius 1 is 1.08 bits per heavy atom. The summed E-state index contributed by atoms with van der Waals surface area (Å²) in [7, 11) is 0. The predicted octanol–water partition coefficient (Wildman–Crippen LogP) is 3.24. The second-order valence-electron chi connectivity index (χ2n) is 1.78. The Kier molecular flexibility index (Phi) is 3.67. The summed E-state index contributed by atoms with van der Waals surface area (Å²) in [5, 5.41) is -1.20. The smallest absolute Gasteiger partial charge is 0.167 e. The molecule has 0 atom stereocenters. The van der Waals surface area contributed by atoms with Gasteiger partial charge in [0.15, 0.2) is 0 Å². The summed E-state index contributed by atoms with van der Waals surface area (Å²) in [6.07, 6.45) is -10.1. The predicted molar refractivity (Wildman–Crippen MR) is 33.8 cm³/mol. The molecule has 13 heavy (non-hydrogen) atoms. The van der Waals surface area contributed by atoms with E-state index in [0.717, 1.165) is 5.92 Å². The number of hydrogen-bond acceptors (Lipinski definition) is 0. The lowest BCUT2D eigenvalue weighted by atomic mass is 10.4. The number of alkyl halides is 6. The molecule has 0 bridgehead atoms. The number of rotatable bonds is 0. The van der Waals surface area contributed by atoms with Crippen molar-refractivity contribution in [2.24, 2.45) is 0 Å². The Morgan fingerprint density at radius 2 is 1.54 bits per heavy atom. The van der Waals surface area contributed by atoms with E-state index < -0.39 is 23.5 Å². The van der Waals surface area contributed by atoms with Gasteiger partial charge in [-0.15, -0.1) is 0 Å². The third-order valence-corrected chi connectivity index (χ3v) is 0.818. The van der Waals surface area contributed by atoms with E-state index >= 15 is 0 Å². The van der Waals surface area contributed by atoms with E-state index in [1.807, 2.05) is 0 Å². The molecule has 0 unspecified atom stereocenters. The largest absolute Gasteiger partial charge is 0.458 e. The minimum absolute atomic E-state index is 0.521. The molecule has 0 saturated carbocycles. The van der Waals surface area contributed by atoms with E-state index in [1.165, 1.54) is 0 Å². The van der Waals surface area contributed by atoms with Crippen molar-refractivity contribution in [1.82, 2.24) is 0 Å². The van der Waals surface area contributed by atoms with Gasteiger partial charge < -0.3 is 0 Å². The van der Waals surface area contributed by atoms with Crippen LogP contribution < -0.4 is 0 Å². The SMILES string of the molecule is FC(F)(F)C#C/C(Cl)=C/C(F)(F)F.